The van der Waals surface area contributed by atoms with Crippen molar-refractivity contribution in [1.29, 1.82) is 0 Å². The molecular formula is C18H17FN6O. The van der Waals surface area contributed by atoms with Crippen molar-refractivity contribution >= 4 is 0 Å². The average Bonchev–Trinajstić information content (AvgIpc) is 2.76. The number of azide groups is 2. The summed E-state index contributed by atoms with van der Waals surface area (Å²) in [5, 5.41) is 17.6. The van der Waals surface area contributed by atoms with Gasteiger partial charge >= 0.3 is 0 Å². The van der Waals surface area contributed by atoms with Crippen molar-refractivity contribution in [2.45, 2.75) is 30.9 Å². The lowest BCUT2D eigenvalue weighted by Crippen LogP contribution is -2.19. The third kappa shape index (κ3) is 3.63. The van der Waals surface area contributed by atoms with Crippen LogP contribution in [-0.4, -0.2) is 17.8 Å². The maximum Gasteiger partial charge on any atom is 0.123 e. The summed E-state index contributed by atoms with van der Waals surface area (Å²) < 4.78 is 13.9. The fourth-order valence-electron chi connectivity index (χ4n) is 3.60. The Labute approximate surface area is 149 Å². The number of rotatable bonds is 5. The highest BCUT2D eigenvalue weighted by Crippen LogP contribution is 2.44. The van der Waals surface area contributed by atoms with E-state index in [2.05, 4.69) is 20.1 Å². The number of benzene rings is 2. The highest BCUT2D eigenvalue weighted by atomic mass is 19.1. The largest absolute Gasteiger partial charge is 0.393 e. The van der Waals surface area contributed by atoms with E-state index >= 15 is 0 Å². The predicted octanol–water partition coefficient (Wildman–Crippen LogP) is 4.93. The maximum absolute atomic E-state index is 13.9. The first kappa shape index (κ1) is 17.8. The van der Waals surface area contributed by atoms with Crippen molar-refractivity contribution in [3.8, 4) is 0 Å². The molecule has 132 valence electrons. The van der Waals surface area contributed by atoms with Crippen LogP contribution in [0.5, 0.6) is 0 Å². The number of fused-ring (bicyclic) bond motifs is 2. The molecule has 3 rings (SSSR count). The number of aliphatic hydroxyl groups is 1. The normalized spacial score (nSPS) is 19.2. The summed E-state index contributed by atoms with van der Waals surface area (Å²) in [5.74, 6) is -0.754. The van der Waals surface area contributed by atoms with Crippen molar-refractivity contribution in [2.75, 3.05) is 6.54 Å². The van der Waals surface area contributed by atoms with E-state index in [1.165, 1.54) is 12.1 Å². The van der Waals surface area contributed by atoms with Crippen LogP contribution in [0.15, 0.2) is 52.7 Å². The molecule has 0 aromatic heterocycles. The number of hydrogen-bond acceptors (Lipinski definition) is 3. The molecule has 1 aliphatic rings. The van der Waals surface area contributed by atoms with Gasteiger partial charge in [0.05, 0.1) is 18.7 Å². The van der Waals surface area contributed by atoms with Crippen molar-refractivity contribution < 1.29 is 9.50 Å². The van der Waals surface area contributed by atoms with Crippen LogP contribution in [0, 0.1) is 5.82 Å². The molecule has 1 N–H and O–H groups in total. The molecule has 0 saturated heterocycles. The molecule has 0 radical (unpaired) electrons. The van der Waals surface area contributed by atoms with Crippen LogP contribution in [-0.2, 0) is 6.42 Å². The molecule has 0 bridgehead atoms. The van der Waals surface area contributed by atoms with Crippen molar-refractivity contribution in [3.63, 3.8) is 0 Å². The molecule has 0 unspecified atom stereocenters. The number of hydrogen-bond donors (Lipinski definition) is 1. The molecule has 8 heteroatoms. The Morgan fingerprint density at radius 1 is 1.12 bits per heavy atom. The number of nitrogens with zero attached hydrogens (tertiary/aromatic N) is 6. The van der Waals surface area contributed by atoms with E-state index in [-0.39, 0.29) is 18.9 Å². The van der Waals surface area contributed by atoms with Crippen molar-refractivity contribution in [1.82, 2.24) is 0 Å². The van der Waals surface area contributed by atoms with E-state index in [0.717, 1.165) is 16.7 Å². The van der Waals surface area contributed by atoms with Gasteiger partial charge in [-0.05, 0) is 64.2 Å². The molecule has 2 aromatic carbocycles. The topological polar surface area (TPSA) is 118 Å². The van der Waals surface area contributed by atoms with Crippen LogP contribution in [0.2, 0.25) is 0 Å². The molecule has 0 spiro atoms. The second kappa shape index (κ2) is 7.89. The van der Waals surface area contributed by atoms with Gasteiger partial charge in [-0.1, -0.05) is 40.6 Å². The molecule has 0 saturated carbocycles. The predicted molar refractivity (Wildman–Crippen MR) is 94.9 cm³/mol. The Balaban J connectivity index is 2.13. The Kier molecular flexibility index (Phi) is 5.39. The van der Waals surface area contributed by atoms with E-state index in [0.29, 0.717) is 12.0 Å². The lowest BCUT2D eigenvalue weighted by molar-refractivity contribution is 0.158. The minimum absolute atomic E-state index is 0.0752. The Bertz CT molecular complexity index is 904. The van der Waals surface area contributed by atoms with Crippen LogP contribution in [0.1, 0.15) is 40.6 Å². The van der Waals surface area contributed by atoms with E-state index in [1.54, 1.807) is 6.07 Å². The summed E-state index contributed by atoms with van der Waals surface area (Å²) in [7, 11) is 0. The minimum atomic E-state index is -0.893. The lowest BCUT2D eigenvalue weighted by atomic mass is 9.83. The number of halogens is 1. The Morgan fingerprint density at radius 3 is 2.65 bits per heavy atom. The molecular weight excluding hydrogens is 335 g/mol. The highest BCUT2D eigenvalue weighted by molar-refractivity contribution is 5.45. The van der Waals surface area contributed by atoms with Gasteiger partial charge in [0.15, 0.2) is 0 Å². The SMILES string of the molecule is [N-]=[N+]=NC[C@H](O)C[C@@H]1c2ccccc2Cc2ccc(F)cc2[C@H]1N=[N+]=[N-]. The van der Waals surface area contributed by atoms with E-state index in [9.17, 15) is 9.50 Å². The molecule has 3 atom stereocenters. The number of aliphatic hydroxyl groups excluding tert-OH is 1. The fourth-order valence-corrected chi connectivity index (χ4v) is 3.60. The molecule has 26 heavy (non-hydrogen) atoms. The van der Waals surface area contributed by atoms with Crippen LogP contribution in [0.25, 0.3) is 20.9 Å². The zero-order valence-electron chi connectivity index (χ0n) is 13.9. The van der Waals surface area contributed by atoms with E-state index in [1.807, 2.05) is 24.3 Å². The summed E-state index contributed by atoms with van der Waals surface area (Å²) >= 11 is 0. The Hall–Kier alpha value is -3.05. The van der Waals surface area contributed by atoms with Gasteiger partial charge in [0, 0.05) is 9.82 Å². The fraction of sp³-hybridized carbons (Fsp3) is 0.333. The van der Waals surface area contributed by atoms with Gasteiger partial charge < -0.3 is 5.11 Å². The highest BCUT2D eigenvalue weighted by Gasteiger charge is 2.32. The maximum atomic E-state index is 13.9. The lowest BCUT2D eigenvalue weighted by Gasteiger charge is -2.26. The summed E-state index contributed by atoms with van der Waals surface area (Å²) in [5.41, 5.74) is 21.0. The summed E-state index contributed by atoms with van der Waals surface area (Å²) in [4.78, 5) is 5.63. The first-order chi connectivity index (χ1) is 12.6. The standard InChI is InChI=1S/C18H17FN6O/c19-13-6-5-12-7-11-3-1-2-4-15(11)17(9-14(26)10-22-24-20)18(23-25-21)16(12)8-13/h1-6,8,14,17-18,26H,7,9-10H2/t14-,17-,18-/m1/s1. The molecule has 0 heterocycles. The van der Waals surface area contributed by atoms with Gasteiger partial charge in [-0.15, -0.1) is 0 Å². The quantitative estimate of drug-likeness (QED) is 0.458. The van der Waals surface area contributed by atoms with Gasteiger partial charge in [-0.3, -0.25) is 0 Å². The van der Waals surface area contributed by atoms with Crippen molar-refractivity contribution in [3.05, 3.63) is 91.4 Å². The van der Waals surface area contributed by atoms with Gasteiger partial charge in [0.2, 0.25) is 0 Å². The van der Waals surface area contributed by atoms with Gasteiger partial charge in [0.1, 0.15) is 5.82 Å². The van der Waals surface area contributed by atoms with Gasteiger partial charge in [-0.2, -0.15) is 0 Å². The second-order valence-electron chi connectivity index (χ2n) is 6.28. The Morgan fingerprint density at radius 2 is 1.88 bits per heavy atom. The summed E-state index contributed by atoms with van der Waals surface area (Å²) in [6.07, 6.45) is -0.0718. The van der Waals surface area contributed by atoms with Crippen LogP contribution in [0.3, 0.4) is 0 Å². The minimum Gasteiger partial charge on any atom is -0.393 e. The molecule has 0 fully saturated rings. The summed E-state index contributed by atoms with van der Waals surface area (Å²) in [6.45, 7) is -0.0752. The smallest absolute Gasteiger partial charge is 0.123 e. The zero-order chi connectivity index (χ0) is 18.5. The van der Waals surface area contributed by atoms with E-state index < -0.39 is 18.0 Å². The van der Waals surface area contributed by atoms with Gasteiger partial charge in [-0.25, -0.2) is 4.39 Å². The molecule has 2 aromatic rings. The summed E-state index contributed by atoms with van der Waals surface area (Å²) in [6, 6.07) is 11.6. The third-order valence-electron chi connectivity index (χ3n) is 4.70. The molecule has 7 nitrogen and oxygen atoms in total. The monoisotopic (exact) mass is 352 g/mol. The second-order valence-corrected chi connectivity index (χ2v) is 6.28. The zero-order valence-corrected chi connectivity index (χ0v) is 13.9. The van der Waals surface area contributed by atoms with E-state index in [4.69, 9.17) is 11.1 Å². The average molecular weight is 352 g/mol. The van der Waals surface area contributed by atoms with Crippen molar-refractivity contribution in [2.24, 2.45) is 10.2 Å². The molecule has 0 amide bonds. The first-order valence-electron chi connectivity index (χ1n) is 8.23. The molecule has 1 aliphatic carbocycles. The van der Waals surface area contributed by atoms with Crippen LogP contribution >= 0.6 is 0 Å². The third-order valence-corrected chi connectivity index (χ3v) is 4.70. The molecule has 0 aliphatic heterocycles. The van der Waals surface area contributed by atoms with Gasteiger partial charge in [0.25, 0.3) is 0 Å². The van der Waals surface area contributed by atoms with Crippen LogP contribution < -0.4 is 0 Å². The van der Waals surface area contributed by atoms with Crippen LogP contribution in [0.4, 0.5) is 4.39 Å². The first-order valence-corrected chi connectivity index (χ1v) is 8.23.